The van der Waals surface area contributed by atoms with Crippen molar-refractivity contribution in [3.05, 3.63) is 0 Å². The van der Waals surface area contributed by atoms with Gasteiger partial charge in [0.15, 0.2) is 0 Å². The van der Waals surface area contributed by atoms with E-state index >= 15 is 0 Å². The number of nitrogens with one attached hydrogen (secondary N) is 2. The van der Waals surface area contributed by atoms with Crippen molar-refractivity contribution in [2.75, 3.05) is 11.9 Å². The van der Waals surface area contributed by atoms with E-state index in [2.05, 4.69) is 33.5 Å². The SMILES string of the molecule is CCCCCCCCCCCCCCCCCCNC(=O)[C@@H](NC(=O)CCCCCBr)C(C)C. The van der Waals surface area contributed by atoms with Crippen LogP contribution in [0.2, 0.25) is 0 Å². The first-order valence-corrected chi connectivity index (χ1v) is 15.8. The Morgan fingerprint density at radius 1 is 0.647 bits per heavy atom. The van der Waals surface area contributed by atoms with Gasteiger partial charge in [0.25, 0.3) is 0 Å². The van der Waals surface area contributed by atoms with E-state index in [0.29, 0.717) is 13.0 Å². The van der Waals surface area contributed by atoms with Gasteiger partial charge in [-0.1, -0.05) is 139 Å². The molecular weight excluding hydrogens is 488 g/mol. The molecule has 0 aromatic carbocycles. The minimum absolute atomic E-state index is 0.00849. The maximum Gasteiger partial charge on any atom is 0.242 e. The Bertz CT molecular complexity index is 471. The molecule has 5 heteroatoms. The van der Waals surface area contributed by atoms with Crippen molar-refractivity contribution < 1.29 is 9.59 Å². The molecule has 0 aromatic heterocycles. The van der Waals surface area contributed by atoms with Crippen LogP contribution in [0.25, 0.3) is 0 Å². The Hall–Kier alpha value is -0.580. The normalized spacial score (nSPS) is 12.1. The van der Waals surface area contributed by atoms with Crippen LogP contribution in [0.1, 0.15) is 149 Å². The van der Waals surface area contributed by atoms with Gasteiger partial charge in [-0.2, -0.15) is 0 Å². The molecule has 2 N–H and O–H groups in total. The summed E-state index contributed by atoms with van der Waals surface area (Å²) in [6.45, 7) is 6.97. The molecule has 4 nitrogen and oxygen atoms in total. The van der Waals surface area contributed by atoms with Crippen LogP contribution in [0.3, 0.4) is 0 Å². The van der Waals surface area contributed by atoms with Crippen LogP contribution in [0, 0.1) is 5.92 Å². The van der Waals surface area contributed by atoms with Gasteiger partial charge in [0.2, 0.25) is 11.8 Å². The molecule has 1 atom stereocenters. The number of hydrogen-bond donors (Lipinski definition) is 2. The van der Waals surface area contributed by atoms with E-state index in [-0.39, 0.29) is 17.7 Å². The van der Waals surface area contributed by atoms with Crippen molar-refractivity contribution in [1.29, 1.82) is 0 Å². The van der Waals surface area contributed by atoms with Crippen LogP contribution in [-0.4, -0.2) is 29.7 Å². The minimum atomic E-state index is -0.426. The number of amides is 2. The molecule has 0 heterocycles. The molecule has 34 heavy (non-hydrogen) atoms. The highest BCUT2D eigenvalue weighted by Crippen LogP contribution is 2.13. The molecule has 0 aliphatic heterocycles. The summed E-state index contributed by atoms with van der Waals surface area (Å²) in [5.41, 5.74) is 0. The standard InChI is InChI=1S/C29H57BrN2O2/c1-4-5-6-7-8-9-10-11-12-13-14-15-16-17-18-22-25-31-29(34)28(26(2)3)32-27(33)23-20-19-21-24-30/h26,28H,4-25H2,1-3H3,(H,31,34)(H,32,33)/t28-/m0/s1. The second-order valence-electron chi connectivity index (χ2n) is 10.4. The maximum atomic E-state index is 12.5. The topological polar surface area (TPSA) is 58.2 Å². The van der Waals surface area contributed by atoms with Gasteiger partial charge in [0, 0.05) is 18.3 Å². The molecule has 0 rings (SSSR count). The molecule has 0 saturated carbocycles. The van der Waals surface area contributed by atoms with Gasteiger partial charge in [-0.15, -0.1) is 0 Å². The average Bonchev–Trinajstić information content (AvgIpc) is 2.82. The molecule has 0 aromatic rings. The predicted molar refractivity (Wildman–Crippen MR) is 152 cm³/mol. The Balaban J connectivity index is 3.59. The molecule has 0 saturated heterocycles. The summed E-state index contributed by atoms with van der Waals surface area (Å²) in [6, 6.07) is -0.426. The molecule has 2 amide bonds. The molecule has 0 fully saturated rings. The Morgan fingerprint density at radius 3 is 1.53 bits per heavy atom. The second-order valence-corrected chi connectivity index (χ2v) is 11.2. The van der Waals surface area contributed by atoms with E-state index in [1.807, 2.05) is 13.8 Å². The first kappa shape index (κ1) is 33.4. The zero-order valence-corrected chi connectivity index (χ0v) is 24.5. The number of unbranched alkanes of at least 4 members (excludes halogenated alkanes) is 17. The van der Waals surface area contributed by atoms with Crippen LogP contribution in [0.5, 0.6) is 0 Å². The van der Waals surface area contributed by atoms with Crippen LogP contribution in [0.15, 0.2) is 0 Å². The van der Waals surface area contributed by atoms with E-state index in [4.69, 9.17) is 0 Å². The molecule has 0 aliphatic rings. The van der Waals surface area contributed by atoms with Crippen molar-refractivity contribution in [3.63, 3.8) is 0 Å². The minimum Gasteiger partial charge on any atom is -0.354 e. The Kier molecular flexibility index (Phi) is 25.1. The summed E-state index contributed by atoms with van der Waals surface area (Å²) in [5, 5.41) is 6.95. The third kappa shape index (κ3) is 21.9. The summed E-state index contributed by atoms with van der Waals surface area (Å²) in [5.74, 6) is 0.0490. The number of alkyl halides is 1. The highest BCUT2D eigenvalue weighted by molar-refractivity contribution is 9.09. The molecule has 0 bridgehead atoms. The van der Waals surface area contributed by atoms with Gasteiger partial charge in [-0.3, -0.25) is 9.59 Å². The number of carbonyl (C=O) groups is 2. The Morgan fingerprint density at radius 2 is 1.09 bits per heavy atom. The van der Waals surface area contributed by atoms with E-state index in [1.165, 1.54) is 96.3 Å². The van der Waals surface area contributed by atoms with Gasteiger partial charge in [0.1, 0.15) is 6.04 Å². The summed E-state index contributed by atoms with van der Waals surface area (Å²) in [4.78, 5) is 24.7. The van der Waals surface area contributed by atoms with Crippen LogP contribution < -0.4 is 10.6 Å². The molecule has 0 unspecified atom stereocenters. The average molecular weight is 546 g/mol. The van der Waals surface area contributed by atoms with Crippen molar-refractivity contribution in [3.8, 4) is 0 Å². The lowest BCUT2D eigenvalue weighted by Crippen LogP contribution is -2.49. The third-order valence-electron chi connectivity index (χ3n) is 6.63. The fourth-order valence-corrected chi connectivity index (χ4v) is 4.73. The van der Waals surface area contributed by atoms with Gasteiger partial charge < -0.3 is 10.6 Å². The summed E-state index contributed by atoms with van der Waals surface area (Å²) < 4.78 is 0. The zero-order chi connectivity index (χ0) is 25.3. The monoisotopic (exact) mass is 544 g/mol. The fourth-order valence-electron chi connectivity index (χ4n) is 4.33. The quantitative estimate of drug-likeness (QED) is 0.0893. The number of rotatable bonds is 25. The number of hydrogen-bond acceptors (Lipinski definition) is 2. The summed E-state index contributed by atoms with van der Waals surface area (Å²) in [6.07, 6.45) is 25.1. The van der Waals surface area contributed by atoms with Crippen LogP contribution in [0.4, 0.5) is 0 Å². The van der Waals surface area contributed by atoms with Gasteiger partial charge in [-0.05, 0) is 25.2 Å². The fraction of sp³-hybridized carbons (Fsp3) is 0.931. The second kappa shape index (κ2) is 25.5. The lowest BCUT2D eigenvalue weighted by molar-refractivity contribution is -0.130. The van der Waals surface area contributed by atoms with E-state index in [1.54, 1.807) is 0 Å². The Labute approximate surface area is 220 Å². The van der Waals surface area contributed by atoms with Crippen LogP contribution in [-0.2, 0) is 9.59 Å². The van der Waals surface area contributed by atoms with E-state index in [9.17, 15) is 9.59 Å². The molecule has 0 spiro atoms. The smallest absolute Gasteiger partial charge is 0.242 e. The summed E-state index contributed by atoms with van der Waals surface area (Å²) in [7, 11) is 0. The first-order chi connectivity index (χ1) is 16.5. The number of carbonyl (C=O) groups excluding carboxylic acids is 2. The molecule has 202 valence electrons. The highest BCUT2D eigenvalue weighted by atomic mass is 79.9. The zero-order valence-electron chi connectivity index (χ0n) is 22.9. The maximum absolute atomic E-state index is 12.5. The lowest BCUT2D eigenvalue weighted by atomic mass is 10.0. The number of halogens is 1. The van der Waals surface area contributed by atoms with E-state index < -0.39 is 6.04 Å². The van der Waals surface area contributed by atoms with Gasteiger partial charge in [-0.25, -0.2) is 0 Å². The van der Waals surface area contributed by atoms with Crippen molar-refractivity contribution in [2.24, 2.45) is 5.92 Å². The van der Waals surface area contributed by atoms with Gasteiger partial charge >= 0.3 is 0 Å². The first-order valence-electron chi connectivity index (χ1n) is 14.7. The third-order valence-corrected chi connectivity index (χ3v) is 7.19. The largest absolute Gasteiger partial charge is 0.354 e. The molecular formula is C29H57BrN2O2. The lowest BCUT2D eigenvalue weighted by Gasteiger charge is -2.21. The van der Waals surface area contributed by atoms with Crippen LogP contribution >= 0.6 is 15.9 Å². The van der Waals surface area contributed by atoms with Crippen molar-refractivity contribution in [1.82, 2.24) is 10.6 Å². The van der Waals surface area contributed by atoms with E-state index in [0.717, 1.165) is 31.0 Å². The van der Waals surface area contributed by atoms with Gasteiger partial charge in [0.05, 0.1) is 0 Å². The van der Waals surface area contributed by atoms with Crippen molar-refractivity contribution in [2.45, 2.75) is 155 Å². The predicted octanol–water partition coefficient (Wildman–Crippen LogP) is 8.46. The highest BCUT2D eigenvalue weighted by Gasteiger charge is 2.23. The molecule has 0 aliphatic carbocycles. The van der Waals surface area contributed by atoms with Crippen molar-refractivity contribution >= 4 is 27.7 Å². The summed E-state index contributed by atoms with van der Waals surface area (Å²) >= 11 is 3.41. The molecule has 0 radical (unpaired) electrons.